The summed E-state index contributed by atoms with van der Waals surface area (Å²) in [6.07, 6.45) is 5.22. The molecular formula is C47H61N5O8. The number of aromatic amines is 2. The summed E-state index contributed by atoms with van der Waals surface area (Å²) in [5.74, 6) is -0.699. The number of carbonyl (C=O) groups excluding carboxylic acids is 3. The highest BCUT2D eigenvalue weighted by atomic mass is 16.7. The maximum atomic E-state index is 13.6. The van der Waals surface area contributed by atoms with Crippen LogP contribution in [0.1, 0.15) is 123 Å². The van der Waals surface area contributed by atoms with Crippen LogP contribution in [0.2, 0.25) is 0 Å². The quantitative estimate of drug-likeness (QED) is 0.113. The van der Waals surface area contributed by atoms with E-state index in [-0.39, 0.29) is 37.6 Å². The van der Waals surface area contributed by atoms with E-state index >= 15 is 0 Å². The molecule has 6 heterocycles. The summed E-state index contributed by atoms with van der Waals surface area (Å²) in [5, 5.41) is 0. The third-order valence-electron chi connectivity index (χ3n) is 12.0. The highest BCUT2D eigenvalue weighted by Crippen LogP contribution is 2.42. The number of H-pyrrole nitrogens is 2. The molecule has 322 valence electrons. The van der Waals surface area contributed by atoms with Gasteiger partial charge in [-0.1, -0.05) is 26.5 Å². The number of amides is 1. The van der Waals surface area contributed by atoms with Gasteiger partial charge >= 0.3 is 11.9 Å². The van der Waals surface area contributed by atoms with E-state index in [1.54, 1.807) is 11.9 Å². The van der Waals surface area contributed by atoms with Crippen molar-refractivity contribution in [2.45, 2.75) is 118 Å². The highest BCUT2D eigenvalue weighted by Gasteiger charge is 2.34. The lowest BCUT2D eigenvalue weighted by Crippen LogP contribution is -2.41. The Balaban J connectivity index is 1.14. The van der Waals surface area contributed by atoms with Crippen LogP contribution in [0.4, 0.5) is 0 Å². The van der Waals surface area contributed by atoms with Crippen molar-refractivity contribution in [1.82, 2.24) is 24.8 Å². The van der Waals surface area contributed by atoms with E-state index in [2.05, 4.69) is 82.4 Å². The number of rotatable bonds is 15. The number of esters is 2. The number of fused-ring (bicyclic) bond motifs is 8. The van der Waals surface area contributed by atoms with Crippen LogP contribution in [-0.4, -0.2) is 101 Å². The molecule has 8 bridgehead atoms. The van der Waals surface area contributed by atoms with Crippen molar-refractivity contribution in [3.05, 3.63) is 75.4 Å². The average Bonchev–Trinajstić information content (AvgIpc) is 3.91. The zero-order chi connectivity index (χ0) is 43.2. The van der Waals surface area contributed by atoms with E-state index in [4.69, 9.17) is 33.7 Å². The fourth-order valence-corrected chi connectivity index (χ4v) is 8.51. The second kappa shape index (κ2) is 19.5. The van der Waals surface area contributed by atoms with Gasteiger partial charge in [-0.05, 0) is 92.6 Å². The van der Waals surface area contributed by atoms with Crippen LogP contribution in [0, 0.1) is 20.8 Å². The summed E-state index contributed by atoms with van der Waals surface area (Å²) in [5.41, 5.74) is 14.6. The fraction of sp³-hybridized carbons (Fsp3) is 0.511. The zero-order valence-electron chi connectivity index (χ0n) is 36.7. The van der Waals surface area contributed by atoms with E-state index in [1.807, 2.05) is 6.08 Å². The minimum absolute atomic E-state index is 0.0123. The van der Waals surface area contributed by atoms with Crippen LogP contribution in [0.25, 0.3) is 39.8 Å². The van der Waals surface area contributed by atoms with Gasteiger partial charge in [-0.25, -0.2) is 4.98 Å². The van der Waals surface area contributed by atoms with Gasteiger partial charge in [0.2, 0.25) is 5.91 Å². The molecule has 13 heteroatoms. The van der Waals surface area contributed by atoms with Crippen molar-refractivity contribution < 1.29 is 38.1 Å². The Hall–Kier alpha value is -5.11. The first kappa shape index (κ1) is 44.4. The van der Waals surface area contributed by atoms with Gasteiger partial charge in [-0.2, -0.15) is 0 Å². The molecule has 3 aromatic rings. The Labute approximate surface area is 352 Å². The molecule has 3 aliphatic rings. The van der Waals surface area contributed by atoms with Gasteiger partial charge in [0.1, 0.15) is 12.7 Å². The van der Waals surface area contributed by atoms with Gasteiger partial charge in [0.15, 0.2) is 6.29 Å². The molecule has 3 aliphatic heterocycles. The minimum atomic E-state index is -0.637. The normalized spacial score (nSPS) is 20.1. The monoisotopic (exact) mass is 823 g/mol. The number of nitrogens with zero attached hydrogens (tertiary/aromatic N) is 3. The largest absolute Gasteiger partial charge is 0.463 e. The average molecular weight is 824 g/mol. The van der Waals surface area contributed by atoms with Gasteiger partial charge < -0.3 is 38.6 Å². The third kappa shape index (κ3) is 10.2. The van der Waals surface area contributed by atoms with Crippen molar-refractivity contribution in [1.29, 1.82) is 0 Å². The van der Waals surface area contributed by atoms with Crippen LogP contribution in [0.5, 0.6) is 0 Å². The van der Waals surface area contributed by atoms with Crippen molar-refractivity contribution >= 4 is 57.6 Å². The molecule has 0 aliphatic carbocycles. The van der Waals surface area contributed by atoms with Gasteiger partial charge in [0, 0.05) is 97.6 Å². The molecule has 5 atom stereocenters. The highest BCUT2D eigenvalue weighted by molar-refractivity contribution is 5.86. The van der Waals surface area contributed by atoms with Crippen molar-refractivity contribution in [2.75, 3.05) is 40.0 Å². The maximum Gasteiger partial charge on any atom is 0.302 e. The van der Waals surface area contributed by atoms with E-state index < -0.39 is 30.4 Å². The Morgan fingerprint density at radius 3 is 2.40 bits per heavy atom. The summed E-state index contributed by atoms with van der Waals surface area (Å²) in [4.78, 5) is 55.9. The fourth-order valence-electron chi connectivity index (χ4n) is 8.51. The Kier molecular flexibility index (Phi) is 14.5. The van der Waals surface area contributed by atoms with Crippen LogP contribution in [-0.2, 0) is 44.5 Å². The third-order valence-corrected chi connectivity index (χ3v) is 12.0. The molecule has 1 amide bonds. The molecule has 0 radical (unpaired) electrons. The molecule has 0 saturated carbocycles. The van der Waals surface area contributed by atoms with E-state index in [0.29, 0.717) is 38.8 Å². The van der Waals surface area contributed by atoms with Gasteiger partial charge in [-0.15, -0.1) is 0 Å². The first-order valence-corrected chi connectivity index (χ1v) is 21.1. The predicted molar refractivity (Wildman–Crippen MR) is 233 cm³/mol. The number of hydrogen-bond acceptors (Lipinski definition) is 10. The lowest BCUT2D eigenvalue weighted by Gasteiger charge is -2.34. The topological polar surface area (TPSA) is 158 Å². The Morgan fingerprint density at radius 1 is 0.933 bits per heavy atom. The molecule has 6 rings (SSSR count). The van der Waals surface area contributed by atoms with Crippen molar-refractivity contribution in [3.63, 3.8) is 0 Å². The van der Waals surface area contributed by atoms with Crippen molar-refractivity contribution in [2.24, 2.45) is 0 Å². The molecule has 13 nitrogen and oxygen atoms in total. The van der Waals surface area contributed by atoms with Gasteiger partial charge in [0.05, 0.1) is 37.3 Å². The molecule has 60 heavy (non-hydrogen) atoms. The molecule has 1 fully saturated rings. The number of aromatic nitrogens is 4. The first-order chi connectivity index (χ1) is 28.7. The lowest BCUT2D eigenvalue weighted by molar-refractivity contribution is -0.232. The van der Waals surface area contributed by atoms with Crippen LogP contribution in [0.15, 0.2) is 24.8 Å². The molecule has 2 N–H and O–H groups in total. The van der Waals surface area contributed by atoms with Crippen LogP contribution < -0.4 is 0 Å². The van der Waals surface area contributed by atoms with Crippen LogP contribution in [0.3, 0.4) is 0 Å². The zero-order valence-corrected chi connectivity index (χ0v) is 36.7. The lowest BCUT2D eigenvalue weighted by atomic mass is 9.85. The number of hydrogen-bond donors (Lipinski definition) is 2. The second-order valence-electron chi connectivity index (χ2n) is 16.2. The first-order valence-electron chi connectivity index (χ1n) is 21.1. The molecule has 3 aromatic heterocycles. The van der Waals surface area contributed by atoms with Crippen LogP contribution >= 0.6 is 0 Å². The summed E-state index contributed by atoms with van der Waals surface area (Å²) >= 11 is 0. The SMILES string of the molecule is C=Cc1c(C)c2cc3nc(c(C)c4nc(cc5[nH]c(cc1[nH]2)c(C)c5CC)C(C)=C4)[C@@H](CCC(=O)N(C)CCOCCO[C@H]1C[C@@H](OC(C)=O)C[C@@H](COC(C)=O)O1)[C@@H]3C. The minimum Gasteiger partial charge on any atom is -0.463 e. The Morgan fingerprint density at radius 2 is 1.68 bits per heavy atom. The van der Waals surface area contributed by atoms with Crippen molar-refractivity contribution in [3.8, 4) is 0 Å². The summed E-state index contributed by atoms with van der Waals surface area (Å²) in [6, 6.07) is 6.49. The van der Waals surface area contributed by atoms with E-state index in [0.717, 1.165) is 73.5 Å². The number of allylic oxidation sites excluding steroid dienone is 1. The number of carbonyl (C=O) groups is 3. The predicted octanol–water partition coefficient (Wildman–Crippen LogP) is 8.16. The van der Waals surface area contributed by atoms with E-state index in [1.165, 1.54) is 25.0 Å². The number of aryl methyl sites for hydroxylation is 3. The summed E-state index contributed by atoms with van der Waals surface area (Å²) < 4.78 is 28.1. The molecular weight excluding hydrogens is 763 g/mol. The number of nitrogens with one attached hydrogen (secondary N) is 2. The second-order valence-corrected chi connectivity index (χ2v) is 16.2. The van der Waals surface area contributed by atoms with Gasteiger partial charge in [0.25, 0.3) is 0 Å². The number of likely N-dealkylation sites (N-methyl/N-ethyl adjacent to an activating group) is 1. The number of ether oxygens (including phenoxy) is 5. The smallest absolute Gasteiger partial charge is 0.302 e. The standard InChI is InChI=1S/C47H61N5O8/c1-11-35-28(5)41-24-44-36(12-2)27(4)40(49-44)23-42-29(6)37(47(51-42)30(7)39-19-26(3)38(48-39)22-43(35)50-41)13-14-45(55)52(10)15-16-56-17-18-57-46-21-33(59-32(9)54)20-34(60-46)25-58-31(8)53/h12,19,22-24,29,33-34,37,46,49-50H,2,11,13-18,20-21,25H2,1,3-10H3/t29-,33-,34-,37-,46+/m0/s1. The molecule has 0 spiro atoms. The summed E-state index contributed by atoms with van der Waals surface area (Å²) in [6.45, 7) is 21.0. The Bertz CT molecular complexity index is 2310. The van der Waals surface area contributed by atoms with Gasteiger partial charge in [-0.3, -0.25) is 19.4 Å². The van der Waals surface area contributed by atoms with E-state index in [9.17, 15) is 14.4 Å². The molecule has 0 aromatic carbocycles. The molecule has 1 saturated heterocycles. The molecule has 0 unspecified atom stereocenters. The summed E-state index contributed by atoms with van der Waals surface area (Å²) in [7, 11) is 1.80. The maximum absolute atomic E-state index is 13.6.